The number of furan rings is 1. The molecule has 1 amide bonds. The molecule has 2 aromatic rings. The number of nitrogens with one attached hydrogen (secondary N) is 1. The fourth-order valence-electron chi connectivity index (χ4n) is 2.61. The highest BCUT2D eigenvalue weighted by molar-refractivity contribution is 6.03. The SMILES string of the molecule is Cc1ccoc1C(=O)Nc1ccc(N2CCN(C)CC2)cc1. The Labute approximate surface area is 130 Å². The van der Waals surface area contributed by atoms with Gasteiger partial charge in [0.2, 0.25) is 0 Å². The second-order valence-electron chi connectivity index (χ2n) is 5.72. The van der Waals surface area contributed by atoms with Crippen LogP contribution in [0.1, 0.15) is 16.1 Å². The molecule has 1 saturated heterocycles. The Bertz CT molecular complexity index is 640. The Hall–Kier alpha value is -2.27. The first-order valence-electron chi connectivity index (χ1n) is 7.52. The van der Waals surface area contributed by atoms with Crippen LogP contribution in [0.4, 0.5) is 11.4 Å². The standard InChI is InChI=1S/C17H21N3O2/c1-13-7-12-22-16(13)17(21)18-14-3-5-15(6-4-14)20-10-8-19(2)9-11-20/h3-7,12H,8-11H2,1-2H3,(H,18,21). The van der Waals surface area contributed by atoms with Gasteiger partial charge in [-0.25, -0.2) is 0 Å². The summed E-state index contributed by atoms with van der Waals surface area (Å²) in [5.41, 5.74) is 2.81. The summed E-state index contributed by atoms with van der Waals surface area (Å²) in [6.45, 7) is 6.09. The molecule has 1 aromatic carbocycles. The van der Waals surface area contributed by atoms with Crippen LogP contribution in [0.15, 0.2) is 41.0 Å². The molecule has 0 saturated carbocycles. The maximum atomic E-state index is 12.1. The molecule has 1 N–H and O–H groups in total. The van der Waals surface area contributed by atoms with E-state index in [9.17, 15) is 4.79 Å². The van der Waals surface area contributed by atoms with Gasteiger partial charge in [-0.3, -0.25) is 4.79 Å². The molecule has 5 nitrogen and oxygen atoms in total. The van der Waals surface area contributed by atoms with Gasteiger partial charge in [-0.2, -0.15) is 0 Å². The highest BCUT2D eigenvalue weighted by Gasteiger charge is 2.15. The van der Waals surface area contributed by atoms with Crippen molar-refractivity contribution in [3.05, 3.63) is 47.9 Å². The highest BCUT2D eigenvalue weighted by atomic mass is 16.3. The summed E-state index contributed by atoms with van der Waals surface area (Å²) in [6, 6.07) is 9.75. The molecule has 1 aromatic heterocycles. The first kappa shape index (κ1) is 14.7. The lowest BCUT2D eigenvalue weighted by Gasteiger charge is -2.34. The Kier molecular flexibility index (Phi) is 4.15. The Morgan fingerprint density at radius 2 is 1.77 bits per heavy atom. The number of likely N-dealkylation sites (N-methyl/N-ethyl adjacent to an activating group) is 1. The Morgan fingerprint density at radius 1 is 1.09 bits per heavy atom. The molecule has 0 aliphatic carbocycles. The number of carbonyl (C=O) groups is 1. The van der Waals surface area contributed by atoms with Crippen molar-refractivity contribution in [1.29, 1.82) is 0 Å². The second-order valence-corrected chi connectivity index (χ2v) is 5.72. The van der Waals surface area contributed by atoms with E-state index in [0.29, 0.717) is 5.76 Å². The van der Waals surface area contributed by atoms with Crippen molar-refractivity contribution in [3.63, 3.8) is 0 Å². The Balaban J connectivity index is 1.64. The van der Waals surface area contributed by atoms with Crippen molar-refractivity contribution in [3.8, 4) is 0 Å². The molecule has 3 rings (SSSR count). The first-order valence-corrected chi connectivity index (χ1v) is 7.52. The van der Waals surface area contributed by atoms with E-state index in [4.69, 9.17) is 4.42 Å². The van der Waals surface area contributed by atoms with E-state index in [1.165, 1.54) is 12.0 Å². The smallest absolute Gasteiger partial charge is 0.291 e. The molecule has 0 unspecified atom stereocenters. The van der Waals surface area contributed by atoms with Gasteiger partial charge >= 0.3 is 0 Å². The zero-order valence-corrected chi connectivity index (χ0v) is 13.0. The number of hydrogen-bond acceptors (Lipinski definition) is 4. The Morgan fingerprint density at radius 3 is 2.36 bits per heavy atom. The predicted octanol–water partition coefficient (Wildman–Crippen LogP) is 2.59. The predicted molar refractivity (Wildman–Crippen MR) is 87.6 cm³/mol. The average Bonchev–Trinajstić information content (AvgIpc) is 2.95. The van der Waals surface area contributed by atoms with Gasteiger partial charge in [-0.05, 0) is 44.3 Å². The van der Waals surface area contributed by atoms with Gasteiger partial charge in [-0.1, -0.05) is 0 Å². The van der Waals surface area contributed by atoms with E-state index in [1.807, 2.05) is 19.1 Å². The number of anilines is 2. The summed E-state index contributed by atoms with van der Waals surface area (Å²) in [5.74, 6) is 0.151. The summed E-state index contributed by atoms with van der Waals surface area (Å²) in [6.07, 6.45) is 1.53. The van der Waals surface area contributed by atoms with E-state index in [2.05, 4.69) is 34.3 Å². The van der Waals surface area contributed by atoms with Crippen LogP contribution in [-0.2, 0) is 0 Å². The lowest BCUT2D eigenvalue weighted by Crippen LogP contribution is -2.44. The van der Waals surface area contributed by atoms with Crippen molar-refractivity contribution in [2.75, 3.05) is 43.4 Å². The van der Waals surface area contributed by atoms with Gasteiger partial charge in [0.1, 0.15) is 0 Å². The van der Waals surface area contributed by atoms with Crippen LogP contribution in [0.2, 0.25) is 0 Å². The molecule has 5 heteroatoms. The normalized spacial score (nSPS) is 15.8. The largest absolute Gasteiger partial charge is 0.459 e. The van der Waals surface area contributed by atoms with Gasteiger partial charge in [0.15, 0.2) is 5.76 Å². The molecule has 1 aliphatic rings. The third-order valence-electron chi connectivity index (χ3n) is 4.06. The van der Waals surface area contributed by atoms with Crippen LogP contribution >= 0.6 is 0 Å². The molecule has 2 heterocycles. The fourth-order valence-corrected chi connectivity index (χ4v) is 2.61. The monoisotopic (exact) mass is 299 g/mol. The van der Waals surface area contributed by atoms with Crippen molar-refractivity contribution in [1.82, 2.24) is 4.90 Å². The minimum Gasteiger partial charge on any atom is -0.459 e. The van der Waals surface area contributed by atoms with Crippen LogP contribution in [0, 0.1) is 6.92 Å². The van der Waals surface area contributed by atoms with E-state index < -0.39 is 0 Å². The molecule has 0 atom stereocenters. The summed E-state index contributed by atoms with van der Waals surface area (Å²) in [7, 11) is 2.15. The molecular formula is C17H21N3O2. The molecule has 1 fully saturated rings. The van der Waals surface area contributed by atoms with Gasteiger partial charge in [0, 0.05) is 43.1 Å². The summed E-state index contributed by atoms with van der Waals surface area (Å²) >= 11 is 0. The van der Waals surface area contributed by atoms with Crippen molar-refractivity contribution >= 4 is 17.3 Å². The van der Waals surface area contributed by atoms with Gasteiger partial charge in [-0.15, -0.1) is 0 Å². The summed E-state index contributed by atoms with van der Waals surface area (Å²) in [5, 5.41) is 2.86. The number of amides is 1. The summed E-state index contributed by atoms with van der Waals surface area (Å²) < 4.78 is 5.20. The maximum absolute atomic E-state index is 12.1. The van der Waals surface area contributed by atoms with Gasteiger partial charge in [0.25, 0.3) is 5.91 Å². The third-order valence-corrected chi connectivity index (χ3v) is 4.06. The lowest BCUT2D eigenvalue weighted by atomic mass is 10.2. The second kappa shape index (κ2) is 6.23. The minimum atomic E-state index is -0.213. The van der Waals surface area contributed by atoms with Crippen LogP contribution in [0.3, 0.4) is 0 Å². The van der Waals surface area contributed by atoms with Crippen LogP contribution in [0.5, 0.6) is 0 Å². The van der Waals surface area contributed by atoms with E-state index in [1.54, 1.807) is 6.07 Å². The molecule has 116 valence electrons. The number of carbonyl (C=O) groups excluding carboxylic acids is 1. The lowest BCUT2D eigenvalue weighted by molar-refractivity contribution is 0.0996. The molecule has 0 bridgehead atoms. The zero-order valence-electron chi connectivity index (χ0n) is 13.0. The summed E-state index contributed by atoms with van der Waals surface area (Å²) in [4.78, 5) is 16.8. The van der Waals surface area contributed by atoms with Crippen LogP contribution in [0.25, 0.3) is 0 Å². The van der Waals surface area contributed by atoms with Crippen LogP contribution in [-0.4, -0.2) is 44.0 Å². The van der Waals surface area contributed by atoms with E-state index in [-0.39, 0.29) is 5.91 Å². The number of benzene rings is 1. The molecular weight excluding hydrogens is 278 g/mol. The first-order chi connectivity index (χ1) is 10.6. The number of rotatable bonds is 3. The molecule has 1 aliphatic heterocycles. The number of nitrogens with zero attached hydrogens (tertiary/aromatic N) is 2. The number of aryl methyl sites for hydroxylation is 1. The molecule has 0 radical (unpaired) electrons. The van der Waals surface area contributed by atoms with Crippen LogP contribution < -0.4 is 10.2 Å². The molecule has 22 heavy (non-hydrogen) atoms. The fraction of sp³-hybridized carbons (Fsp3) is 0.353. The zero-order chi connectivity index (χ0) is 15.5. The third kappa shape index (κ3) is 3.14. The van der Waals surface area contributed by atoms with Gasteiger partial charge in [0.05, 0.1) is 6.26 Å². The van der Waals surface area contributed by atoms with Crippen molar-refractivity contribution in [2.24, 2.45) is 0 Å². The highest BCUT2D eigenvalue weighted by Crippen LogP contribution is 2.20. The van der Waals surface area contributed by atoms with Gasteiger partial charge < -0.3 is 19.5 Å². The van der Waals surface area contributed by atoms with Crippen molar-refractivity contribution in [2.45, 2.75) is 6.92 Å². The average molecular weight is 299 g/mol. The number of piperazine rings is 1. The number of hydrogen-bond donors (Lipinski definition) is 1. The topological polar surface area (TPSA) is 48.7 Å². The van der Waals surface area contributed by atoms with E-state index >= 15 is 0 Å². The molecule has 0 spiro atoms. The maximum Gasteiger partial charge on any atom is 0.291 e. The minimum absolute atomic E-state index is 0.213. The van der Waals surface area contributed by atoms with Crippen molar-refractivity contribution < 1.29 is 9.21 Å². The van der Waals surface area contributed by atoms with E-state index in [0.717, 1.165) is 37.4 Å². The quantitative estimate of drug-likeness (QED) is 0.946.